The Morgan fingerprint density at radius 3 is 2.93 bits per heavy atom. The van der Waals surface area contributed by atoms with Crippen molar-refractivity contribution in [3.8, 4) is 0 Å². The number of carbonyl (C=O) groups is 1. The molecule has 0 N–H and O–H groups in total. The van der Waals surface area contributed by atoms with Crippen LogP contribution in [0.15, 0.2) is 11.4 Å². The molecule has 1 atom stereocenters. The summed E-state index contributed by atoms with van der Waals surface area (Å²) < 4.78 is 0. The van der Waals surface area contributed by atoms with E-state index in [0.29, 0.717) is 5.78 Å². The van der Waals surface area contributed by atoms with Crippen LogP contribution in [0.2, 0.25) is 0 Å². The highest BCUT2D eigenvalue weighted by Gasteiger charge is 2.23. The summed E-state index contributed by atoms with van der Waals surface area (Å²) in [5.41, 5.74) is 1.29. The Kier molecular flexibility index (Phi) is 3.02. The van der Waals surface area contributed by atoms with Crippen molar-refractivity contribution in [2.24, 2.45) is 0 Å². The monoisotopic (exact) mass is 208 g/mol. The molecule has 1 heterocycles. The molecular weight excluding hydrogens is 192 g/mol. The lowest BCUT2D eigenvalue weighted by Crippen LogP contribution is -2.10. The summed E-state index contributed by atoms with van der Waals surface area (Å²) in [4.78, 5) is 13.2. The molecule has 0 aromatic carbocycles. The van der Waals surface area contributed by atoms with E-state index in [1.807, 2.05) is 0 Å². The van der Waals surface area contributed by atoms with E-state index in [1.165, 1.54) is 23.3 Å². The van der Waals surface area contributed by atoms with Crippen LogP contribution in [0.5, 0.6) is 0 Å². The molecule has 76 valence electrons. The van der Waals surface area contributed by atoms with Crippen molar-refractivity contribution < 1.29 is 4.79 Å². The van der Waals surface area contributed by atoms with E-state index in [0.717, 1.165) is 19.3 Å². The third-order valence-corrected chi connectivity index (χ3v) is 3.94. The molecule has 1 nitrogen and oxygen atoms in total. The lowest BCUT2D eigenvalue weighted by molar-refractivity contribution is -0.120. The van der Waals surface area contributed by atoms with Gasteiger partial charge in [0.15, 0.2) is 0 Å². The van der Waals surface area contributed by atoms with Gasteiger partial charge in [0.05, 0.1) is 0 Å². The Morgan fingerprint density at radius 1 is 1.36 bits per heavy atom. The number of thiophene rings is 1. The summed E-state index contributed by atoms with van der Waals surface area (Å²) in [6.45, 7) is 2.12. The molecule has 1 aliphatic rings. The zero-order valence-corrected chi connectivity index (χ0v) is 9.40. The molecule has 0 spiro atoms. The van der Waals surface area contributed by atoms with Gasteiger partial charge >= 0.3 is 0 Å². The van der Waals surface area contributed by atoms with E-state index in [1.54, 1.807) is 11.3 Å². The van der Waals surface area contributed by atoms with Crippen LogP contribution in [-0.2, 0) is 4.79 Å². The van der Waals surface area contributed by atoms with Gasteiger partial charge in [-0.3, -0.25) is 4.79 Å². The molecule has 1 fully saturated rings. The number of ketones is 1. The second kappa shape index (κ2) is 4.26. The molecule has 0 radical (unpaired) electrons. The van der Waals surface area contributed by atoms with Crippen LogP contribution in [0.3, 0.4) is 0 Å². The van der Waals surface area contributed by atoms with Gasteiger partial charge < -0.3 is 0 Å². The van der Waals surface area contributed by atoms with Crippen LogP contribution in [0.25, 0.3) is 0 Å². The zero-order valence-electron chi connectivity index (χ0n) is 8.58. The number of carbonyl (C=O) groups excluding carboxylic acids is 1. The van der Waals surface area contributed by atoms with E-state index in [9.17, 15) is 4.79 Å². The van der Waals surface area contributed by atoms with Gasteiger partial charge in [0.25, 0.3) is 0 Å². The fourth-order valence-electron chi connectivity index (χ4n) is 2.24. The Bertz CT molecular complexity index is 327. The summed E-state index contributed by atoms with van der Waals surface area (Å²) in [5, 5.41) is 2.10. The number of hydrogen-bond acceptors (Lipinski definition) is 2. The molecule has 1 aliphatic carbocycles. The van der Waals surface area contributed by atoms with Crippen molar-refractivity contribution in [3.63, 3.8) is 0 Å². The molecule has 0 aliphatic heterocycles. The summed E-state index contributed by atoms with van der Waals surface area (Å²) in [6, 6.07) is 2.13. The van der Waals surface area contributed by atoms with E-state index < -0.39 is 0 Å². The van der Waals surface area contributed by atoms with Gasteiger partial charge in [-0.25, -0.2) is 0 Å². The van der Waals surface area contributed by atoms with Gasteiger partial charge in [0, 0.05) is 17.2 Å². The quantitative estimate of drug-likeness (QED) is 0.643. The normalized spacial score (nSPS) is 23.5. The molecule has 14 heavy (non-hydrogen) atoms. The van der Waals surface area contributed by atoms with Gasteiger partial charge in [0.2, 0.25) is 0 Å². The smallest absolute Gasteiger partial charge is 0.140 e. The number of aryl methyl sites for hydroxylation is 1. The number of rotatable bonds is 1. The first-order valence-electron chi connectivity index (χ1n) is 5.36. The van der Waals surface area contributed by atoms with Crippen LogP contribution >= 0.6 is 11.3 Å². The minimum absolute atomic E-state index is 0.212. The van der Waals surface area contributed by atoms with E-state index in [4.69, 9.17) is 0 Å². The molecule has 2 rings (SSSR count). The zero-order chi connectivity index (χ0) is 9.97. The summed E-state index contributed by atoms with van der Waals surface area (Å²) in [7, 11) is 0. The summed E-state index contributed by atoms with van der Waals surface area (Å²) in [5.74, 6) is 0.674. The Hall–Kier alpha value is -0.630. The standard InChI is InChI=1S/C12H16OS/c1-9-10(7-8-14-9)11-5-3-2-4-6-12(11)13/h7-8,11H,2-6H2,1H3. The van der Waals surface area contributed by atoms with Gasteiger partial charge in [-0.15, -0.1) is 11.3 Å². The first-order chi connectivity index (χ1) is 6.79. The molecule has 0 amide bonds. The molecule has 1 saturated carbocycles. The van der Waals surface area contributed by atoms with Crippen molar-refractivity contribution in [3.05, 3.63) is 21.9 Å². The predicted molar refractivity (Wildman–Crippen MR) is 59.9 cm³/mol. The van der Waals surface area contributed by atoms with Crippen molar-refractivity contribution in [1.29, 1.82) is 0 Å². The highest BCUT2D eigenvalue weighted by Crippen LogP contribution is 2.32. The van der Waals surface area contributed by atoms with Crippen LogP contribution in [0.4, 0.5) is 0 Å². The summed E-state index contributed by atoms with van der Waals surface area (Å²) in [6.07, 6.45) is 5.39. The van der Waals surface area contributed by atoms with Gasteiger partial charge in [-0.2, -0.15) is 0 Å². The van der Waals surface area contributed by atoms with Crippen molar-refractivity contribution in [2.45, 2.75) is 44.9 Å². The molecule has 1 aromatic rings. The highest BCUT2D eigenvalue weighted by molar-refractivity contribution is 7.10. The Morgan fingerprint density at radius 2 is 2.21 bits per heavy atom. The van der Waals surface area contributed by atoms with Crippen LogP contribution in [-0.4, -0.2) is 5.78 Å². The topological polar surface area (TPSA) is 17.1 Å². The maximum Gasteiger partial charge on any atom is 0.140 e. The van der Waals surface area contributed by atoms with Crippen LogP contribution in [0, 0.1) is 6.92 Å². The van der Waals surface area contributed by atoms with Crippen molar-refractivity contribution >= 4 is 17.1 Å². The molecule has 0 saturated heterocycles. The highest BCUT2D eigenvalue weighted by atomic mass is 32.1. The first kappa shape index (κ1) is 9.91. The Balaban J connectivity index is 2.23. The molecule has 1 unspecified atom stereocenters. The fraction of sp³-hybridized carbons (Fsp3) is 0.583. The second-order valence-corrected chi connectivity index (χ2v) is 5.17. The van der Waals surface area contributed by atoms with Gasteiger partial charge in [0.1, 0.15) is 5.78 Å². The average molecular weight is 208 g/mol. The Labute approximate surface area is 89.1 Å². The third-order valence-electron chi connectivity index (χ3n) is 3.08. The number of hydrogen-bond donors (Lipinski definition) is 0. The second-order valence-electron chi connectivity index (χ2n) is 4.05. The van der Waals surface area contributed by atoms with E-state index >= 15 is 0 Å². The molecular formula is C12H16OS. The average Bonchev–Trinajstić information content (AvgIpc) is 2.46. The molecule has 1 aromatic heterocycles. The van der Waals surface area contributed by atoms with Crippen molar-refractivity contribution in [2.75, 3.05) is 0 Å². The van der Waals surface area contributed by atoms with Crippen LogP contribution < -0.4 is 0 Å². The lowest BCUT2D eigenvalue weighted by Gasteiger charge is -2.12. The summed E-state index contributed by atoms with van der Waals surface area (Å²) >= 11 is 1.75. The van der Waals surface area contributed by atoms with Gasteiger partial charge in [-0.05, 0) is 36.8 Å². The van der Waals surface area contributed by atoms with Crippen molar-refractivity contribution in [1.82, 2.24) is 0 Å². The van der Waals surface area contributed by atoms with E-state index in [2.05, 4.69) is 18.4 Å². The van der Waals surface area contributed by atoms with Gasteiger partial charge in [-0.1, -0.05) is 12.8 Å². The predicted octanol–water partition coefficient (Wildman–Crippen LogP) is 3.67. The SMILES string of the molecule is Cc1sccc1C1CCCCCC1=O. The maximum absolute atomic E-state index is 11.9. The third kappa shape index (κ3) is 1.90. The van der Waals surface area contributed by atoms with Crippen LogP contribution in [0.1, 0.15) is 48.5 Å². The molecule has 0 bridgehead atoms. The minimum atomic E-state index is 0.212. The minimum Gasteiger partial charge on any atom is -0.299 e. The first-order valence-corrected chi connectivity index (χ1v) is 6.23. The molecule has 2 heteroatoms. The van der Waals surface area contributed by atoms with E-state index in [-0.39, 0.29) is 5.92 Å². The largest absolute Gasteiger partial charge is 0.299 e. The maximum atomic E-state index is 11.9. The fourth-order valence-corrected chi connectivity index (χ4v) is 3.01. The number of Topliss-reactive ketones (excluding diaryl/α,β-unsaturated/α-hetero) is 1. The lowest BCUT2D eigenvalue weighted by atomic mass is 9.91.